The topological polar surface area (TPSA) is 37.3 Å². The van der Waals surface area contributed by atoms with E-state index in [1.807, 2.05) is 12.1 Å². The first-order valence-corrected chi connectivity index (χ1v) is 4.04. The van der Waals surface area contributed by atoms with E-state index in [1.54, 1.807) is 12.1 Å². The molecule has 1 fully saturated rings. The predicted octanol–water partition coefficient (Wildman–Crippen LogP) is 1.35. The molecule has 0 bridgehead atoms. The zero-order chi connectivity index (χ0) is 8.55. The quantitative estimate of drug-likeness (QED) is 0.666. The SMILES string of the molecule is O=Cc1ccc(C2CC2O)cc1. The number of hydrogen-bond donors (Lipinski definition) is 1. The van der Waals surface area contributed by atoms with Gasteiger partial charge in [0.1, 0.15) is 6.29 Å². The number of benzene rings is 1. The largest absolute Gasteiger partial charge is 0.392 e. The molecule has 1 aliphatic rings. The van der Waals surface area contributed by atoms with Gasteiger partial charge in [0.15, 0.2) is 0 Å². The van der Waals surface area contributed by atoms with Crippen molar-refractivity contribution in [3.05, 3.63) is 35.4 Å². The molecule has 2 heteroatoms. The second kappa shape index (κ2) is 2.72. The number of carbonyl (C=O) groups is 1. The van der Waals surface area contributed by atoms with Crippen LogP contribution in [0.25, 0.3) is 0 Å². The summed E-state index contributed by atoms with van der Waals surface area (Å²) in [6.45, 7) is 0. The minimum atomic E-state index is -0.160. The molecule has 2 rings (SSSR count). The van der Waals surface area contributed by atoms with Crippen LogP contribution >= 0.6 is 0 Å². The van der Waals surface area contributed by atoms with Gasteiger partial charge < -0.3 is 5.11 Å². The fraction of sp³-hybridized carbons (Fsp3) is 0.300. The van der Waals surface area contributed by atoms with Crippen LogP contribution in [0.15, 0.2) is 24.3 Å². The van der Waals surface area contributed by atoms with Crippen molar-refractivity contribution in [2.45, 2.75) is 18.4 Å². The third kappa shape index (κ3) is 1.25. The van der Waals surface area contributed by atoms with Crippen molar-refractivity contribution in [1.29, 1.82) is 0 Å². The van der Waals surface area contributed by atoms with Crippen molar-refractivity contribution in [3.8, 4) is 0 Å². The number of aliphatic hydroxyl groups is 1. The number of aldehydes is 1. The molecule has 62 valence electrons. The van der Waals surface area contributed by atoms with Crippen molar-refractivity contribution < 1.29 is 9.90 Å². The standard InChI is InChI=1S/C10H10O2/c11-6-7-1-3-8(4-2-7)9-5-10(9)12/h1-4,6,9-10,12H,5H2. The highest BCUT2D eigenvalue weighted by Gasteiger charge is 2.36. The number of rotatable bonds is 2. The molecule has 0 aromatic heterocycles. The van der Waals surface area contributed by atoms with Gasteiger partial charge in [-0.2, -0.15) is 0 Å². The van der Waals surface area contributed by atoms with Crippen LogP contribution < -0.4 is 0 Å². The van der Waals surface area contributed by atoms with Gasteiger partial charge in [-0.3, -0.25) is 4.79 Å². The Kier molecular flexibility index (Phi) is 1.70. The number of hydrogen-bond acceptors (Lipinski definition) is 2. The van der Waals surface area contributed by atoms with Crippen LogP contribution in [-0.2, 0) is 0 Å². The minimum absolute atomic E-state index is 0.160. The summed E-state index contributed by atoms with van der Waals surface area (Å²) in [5.74, 6) is 0.311. The summed E-state index contributed by atoms with van der Waals surface area (Å²) in [5, 5.41) is 9.14. The molecule has 2 unspecified atom stereocenters. The van der Waals surface area contributed by atoms with E-state index in [4.69, 9.17) is 5.11 Å². The van der Waals surface area contributed by atoms with E-state index in [1.165, 1.54) is 0 Å². The second-order valence-corrected chi connectivity index (χ2v) is 3.19. The van der Waals surface area contributed by atoms with Crippen molar-refractivity contribution in [2.24, 2.45) is 0 Å². The molecule has 0 saturated heterocycles. The molecule has 0 radical (unpaired) electrons. The molecule has 2 atom stereocenters. The zero-order valence-corrected chi connectivity index (χ0v) is 6.60. The molecule has 1 aromatic rings. The lowest BCUT2D eigenvalue weighted by Gasteiger charge is -1.96. The van der Waals surface area contributed by atoms with Crippen LogP contribution in [0.3, 0.4) is 0 Å². The molecule has 0 spiro atoms. The Morgan fingerprint density at radius 1 is 1.33 bits per heavy atom. The maximum Gasteiger partial charge on any atom is 0.150 e. The van der Waals surface area contributed by atoms with E-state index in [0.717, 1.165) is 18.3 Å². The summed E-state index contributed by atoms with van der Waals surface area (Å²) in [7, 11) is 0. The predicted molar refractivity (Wildman–Crippen MR) is 45.2 cm³/mol. The van der Waals surface area contributed by atoms with Crippen LogP contribution in [0.5, 0.6) is 0 Å². The number of carbonyl (C=O) groups excluding carboxylic acids is 1. The molecule has 0 heterocycles. The van der Waals surface area contributed by atoms with Crippen LogP contribution in [-0.4, -0.2) is 17.5 Å². The summed E-state index contributed by atoms with van der Waals surface area (Å²) in [5.41, 5.74) is 1.82. The average Bonchev–Trinajstić information content (AvgIpc) is 2.83. The summed E-state index contributed by atoms with van der Waals surface area (Å²) in [4.78, 5) is 10.3. The lowest BCUT2D eigenvalue weighted by atomic mass is 10.1. The molecule has 1 aliphatic carbocycles. The van der Waals surface area contributed by atoms with Crippen LogP contribution in [0.4, 0.5) is 0 Å². The van der Waals surface area contributed by atoms with Crippen LogP contribution in [0.1, 0.15) is 28.3 Å². The summed E-state index contributed by atoms with van der Waals surface area (Å²) in [6.07, 6.45) is 1.53. The van der Waals surface area contributed by atoms with Crippen molar-refractivity contribution in [1.82, 2.24) is 0 Å². The van der Waals surface area contributed by atoms with E-state index in [-0.39, 0.29) is 6.10 Å². The van der Waals surface area contributed by atoms with Gasteiger partial charge in [-0.1, -0.05) is 24.3 Å². The molecular weight excluding hydrogens is 152 g/mol. The lowest BCUT2D eigenvalue weighted by molar-refractivity contribution is 0.112. The van der Waals surface area contributed by atoms with E-state index < -0.39 is 0 Å². The molecule has 12 heavy (non-hydrogen) atoms. The Balaban J connectivity index is 2.19. The Bertz CT molecular complexity index is 289. The zero-order valence-electron chi connectivity index (χ0n) is 6.60. The minimum Gasteiger partial charge on any atom is -0.392 e. The monoisotopic (exact) mass is 162 g/mol. The number of aliphatic hydroxyl groups excluding tert-OH is 1. The van der Waals surface area contributed by atoms with Gasteiger partial charge in [-0.05, 0) is 12.0 Å². The maximum absolute atomic E-state index is 10.3. The molecule has 0 amide bonds. The van der Waals surface area contributed by atoms with E-state index in [9.17, 15) is 4.79 Å². The van der Waals surface area contributed by atoms with Crippen molar-refractivity contribution in [2.75, 3.05) is 0 Å². The molecule has 1 saturated carbocycles. The van der Waals surface area contributed by atoms with Gasteiger partial charge in [-0.25, -0.2) is 0 Å². The smallest absolute Gasteiger partial charge is 0.150 e. The van der Waals surface area contributed by atoms with Gasteiger partial charge in [0.05, 0.1) is 6.10 Å². The second-order valence-electron chi connectivity index (χ2n) is 3.19. The first-order chi connectivity index (χ1) is 5.81. The third-order valence-electron chi connectivity index (χ3n) is 2.26. The fourth-order valence-electron chi connectivity index (χ4n) is 1.36. The average molecular weight is 162 g/mol. The van der Waals surface area contributed by atoms with Crippen LogP contribution in [0, 0.1) is 0 Å². The van der Waals surface area contributed by atoms with Gasteiger partial charge >= 0.3 is 0 Å². The highest BCUT2D eigenvalue weighted by molar-refractivity contribution is 5.74. The Morgan fingerprint density at radius 3 is 2.33 bits per heavy atom. The van der Waals surface area contributed by atoms with E-state index >= 15 is 0 Å². The highest BCUT2D eigenvalue weighted by atomic mass is 16.3. The Morgan fingerprint density at radius 2 is 1.92 bits per heavy atom. The van der Waals surface area contributed by atoms with Gasteiger partial charge in [0, 0.05) is 11.5 Å². The Labute approximate surface area is 70.8 Å². The molecule has 1 N–H and O–H groups in total. The van der Waals surface area contributed by atoms with Gasteiger partial charge in [0.25, 0.3) is 0 Å². The first kappa shape index (κ1) is 7.50. The lowest BCUT2D eigenvalue weighted by Crippen LogP contribution is -1.86. The van der Waals surface area contributed by atoms with Gasteiger partial charge in [0.2, 0.25) is 0 Å². The highest BCUT2D eigenvalue weighted by Crippen LogP contribution is 2.40. The molecule has 2 nitrogen and oxygen atoms in total. The summed E-state index contributed by atoms with van der Waals surface area (Å²) < 4.78 is 0. The van der Waals surface area contributed by atoms with E-state index in [0.29, 0.717) is 11.5 Å². The molecule has 0 aliphatic heterocycles. The van der Waals surface area contributed by atoms with Gasteiger partial charge in [-0.15, -0.1) is 0 Å². The summed E-state index contributed by atoms with van der Waals surface area (Å²) >= 11 is 0. The van der Waals surface area contributed by atoms with E-state index in [2.05, 4.69) is 0 Å². The third-order valence-corrected chi connectivity index (χ3v) is 2.26. The first-order valence-electron chi connectivity index (χ1n) is 4.04. The Hall–Kier alpha value is -1.15. The van der Waals surface area contributed by atoms with Crippen molar-refractivity contribution in [3.63, 3.8) is 0 Å². The molecule has 1 aromatic carbocycles. The molecular formula is C10H10O2. The summed E-state index contributed by atoms with van der Waals surface area (Å²) in [6, 6.07) is 7.38. The van der Waals surface area contributed by atoms with Crippen LogP contribution in [0.2, 0.25) is 0 Å². The normalized spacial score (nSPS) is 26.8. The maximum atomic E-state index is 10.3. The fourth-order valence-corrected chi connectivity index (χ4v) is 1.36. The van der Waals surface area contributed by atoms with Crippen molar-refractivity contribution >= 4 is 6.29 Å².